The third kappa shape index (κ3) is 4.41. The molecule has 0 radical (unpaired) electrons. The van der Waals surface area contributed by atoms with Gasteiger partial charge in [0.05, 0.1) is 6.20 Å². The first-order valence-corrected chi connectivity index (χ1v) is 8.46. The summed E-state index contributed by atoms with van der Waals surface area (Å²) in [7, 11) is 1.83. The van der Waals surface area contributed by atoms with E-state index in [0.29, 0.717) is 31.7 Å². The van der Waals surface area contributed by atoms with Crippen LogP contribution in [0.25, 0.3) is 0 Å². The molecule has 2 aromatic rings. The Morgan fingerprint density at radius 3 is 2.76 bits per heavy atom. The van der Waals surface area contributed by atoms with Gasteiger partial charge in [-0.15, -0.1) is 0 Å². The predicted octanol–water partition coefficient (Wildman–Crippen LogP) is 1.99. The van der Waals surface area contributed by atoms with Crippen LogP contribution in [0.1, 0.15) is 28.9 Å². The lowest BCUT2D eigenvalue weighted by atomic mass is 10.0. The number of hydrogen-bond acceptors (Lipinski definition) is 4. The van der Waals surface area contributed by atoms with E-state index in [2.05, 4.69) is 9.97 Å². The second-order valence-corrected chi connectivity index (χ2v) is 6.44. The van der Waals surface area contributed by atoms with Crippen molar-refractivity contribution >= 4 is 11.8 Å². The van der Waals surface area contributed by atoms with Gasteiger partial charge in [-0.3, -0.25) is 14.6 Å². The van der Waals surface area contributed by atoms with Gasteiger partial charge in [0, 0.05) is 45.5 Å². The van der Waals surface area contributed by atoms with Crippen LogP contribution in [0.3, 0.4) is 0 Å². The lowest BCUT2D eigenvalue weighted by molar-refractivity contribution is -0.131. The zero-order valence-electron chi connectivity index (χ0n) is 14.3. The zero-order valence-corrected chi connectivity index (χ0v) is 14.3. The van der Waals surface area contributed by atoms with Gasteiger partial charge in [0.15, 0.2) is 0 Å². The molecule has 0 bridgehead atoms. The number of carbonyl (C=O) groups is 2. The standard InChI is InChI=1S/C19H22N4O2/c1-22(13-15-5-3-2-4-6-15)18(24)11-16-7-10-23(14-16)19(25)17-12-20-8-9-21-17/h2-6,8-9,12,16H,7,10-11,13-14H2,1H3/t16-/m1/s1. The summed E-state index contributed by atoms with van der Waals surface area (Å²) in [6, 6.07) is 9.94. The van der Waals surface area contributed by atoms with Crippen molar-refractivity contribution < 1.29 is 9.59 Å². The summed E-state index contributed by atoms with van der Waals surface area (Å²) in [6.45, 7) is 1.87. The van der Waals surface area contributed by atoms with E-state index in [1.54, 1.807) is 16.0 Å². The van der Waals surface area contributed by atoms with Crippen molar-refractivity contribution in [2.45, 2.75) is 19.4 Å². The number of hydrogen-bond donors (Lipinski definition) is 0. The maximum absolute atomic E-state index is 12.5. The Labute approximate surface area is 147 Å². The largest absolute Gasteiger partial charge is 0.341 e. The van der Waals surface area contributed by atoms with Crippen LogP contribution < -0.4 is 0 Å². The van der Waals surface area contributed by atoms with Gasteiger partial charge in [0.1, 0.15) is 5.69 Å². The monoisotopic (exact) mass is 338 g/mol. The lowest BCUT2D eigenvalue weighted by Crippen LogP contribution is -2.31. The Kier molecular flexibility index (Phi) is 5.38. The van der Waals surface area contributed by atoms with Crippen molar-refractivity contribution in [1.82, 2.24) is 19.8 Å². The minimum atomic E-state index is -0.110. The smallest absolute Gasteiger partial charge is 0.274 e. The molecule has 1 aliphatic rings. The number of benzene rings is 1. The number of amides is 2. The minimum absolute atomic E-state index is 0.110. The van der Waals surface area contributed by atoms with Gasteiger partial charge in [-0.25, -0.2) is 4.98 Å². The molecule has 1 aromatic carbocycles. The predicted molar refractivity (Wildman–Crippen MR) is 93.6 cm³/mol. The summed E-state index contributed by atoms with van der Waals surface area (Å²) in [5, 5.41) is 0. The highest BCUT2D eigenvalue weighted by Crippen LogP contribution is 2.22. The summed E-state index contributed by atoms with van der Waals surface area (Å²) in [4.78, 5) is 36.3. The van der Waals surface area contributed by atoms with E-state index in [1.165, 1.54) is 12.4 Å². The lowest BCUT2D eigenvalue weighted by Gasteiger charge is -2.20. The summed E-state index contributed by atoms with van der Waals surface area (Å²) < 4.78 is 0. The fraction of sp³-hybridized carbons (Fsp3) is 0.368. The van der Waals surface area contributed by atoms with Gasteiger partial charge in [0.2, 0.25) is 5.91 Å². The Morgan fingerprint density at radius 1 is 1.24 bits per heavy atom. The van der Waals surface area contributed by atoms with Crippen molar-refractivity contribution in [3.8, 4) is 0 Å². The molecule has 130 valence electrons. The fourth-order valence-electron chi connectivity index (χ4n) is 3.10. The van der Waals surface area contributed by atoms with Gasteiger partial charge in [-0.05, 0) is 17.9 Å². The van der Waals surface area contributed by atoms with E-state index >= 15 is 0 Å². The third-order valence-electron chi connectivity index (χ3n) is 4.51. The molecule has 2 heterocycles. The van der Waals surface area contributed by atoms with Crippen LogP contribution in [0.15, 0.2) is 48.9 Å². The van der Waals surface area contributed by atoms with E-state index in [9.17, 15) is 9.59 Å². The first kappa shape index (κ1) is 17.1. The van der Waals surface area contributed by atoms with Crippen LogP contribution in [0, 0.1) is 5.92 Å². The molecule has 3 rings (SSSR count). The van der Waals surface area contributed by atoms with Crippen LogP contribution in [0.5, 0.6) is 0 Å². The number of carbonyl (C=O) groups excluding carboxylic acids is 2. The Hall–Kier alpha value is -2.76. The Morgan fingerprint density at radius 2 is 2.04 bits per heavy atom. The molecule has 0 aliphatic carbocycles. The molecule has 2 amide bonds. The van der Waals surface area contributed by atoms with Crippen molar-refractivity contribution in [2.24, 2.45) is 5.92 Å². The van der Waals surface area contributed by atoms with Gasteiger partial charge in [-0.1, -0.05) is 30.3 Å². The van der Waals surface area contributed by atoms with Crippen LogP contribution in [-0.2, 0) is 11.3 Å². The van der Waals surface area contributed by atoms with Crippen LogP contribution in [0.4, 0.5) is 0 Å². The Bertz CT molecular complexity index is 721. The third-order valence-corrected chi connectivity index (χ3v) is 4.51. The number of rotatable bonds is 5. The average molecular weight is 338 g/mol. The van der Waals surface area contributed by atoms with E-state index in [0.717, 1.165) is 12.0 Å². The van der Waals surface area contributed by atoms with E-state index in [1.807, 2.05) is 37.4 Å². The second kappa shape index (κ2) is 7.88. The van der Waals surface area contributed by atoms with Crippen LogP contribution >= 0.6 is 0 Å². The first-order chi connectivity index (χ1) is 12.1. The molecule has 6 heteroatoms. The molecule has 6 nitrogen and oxygen atoms in total. The van der Waals surface area contributed by atoms with Gasteiger partial charge >= 0.3 is 0 Å². The molecule has 1 saturated heterocycles. The highest BCUT2D eigenvalue weighted by atomic mass is 16.2. The van der Waals surface area contributed by atoms with Crippen molar-refractivity contribution in [3.05, 3.63) is 60.2 Å². The maximum atomic E-state index is 12.5. The molecule has 0 spiro atoms. The van der Waals surface area contributed by atoms with E-state index in [4.69, 9.17) is 0 Å². The average Bonchev–Trinajstić information content (AvgIpc) is 3.11. The molecule has 1 fully saturated rings. The van der Waals surface area contributed by atoms with Crippen molar-refractivity contribution in [2.75, 3.05) is 20.1 Å². The number of likely N-dealkylation sites (tertiary alicyclic amines) is 1. The minimum Gasteiger partial charge on any atom is -0.341 e. The first-order valence-electron chi connectivity index (χ1n) is 8.46. The highest BCUT2D eigenvalue weighted by molar-refractivity contribution is 5.92. The molecule has 0 N–H and O–H groups in total. The van der Waals surface area contributed by atoms with E-state index in [-0.39, 0.29) is 17.7 Å². The number of aromatic nitrogens is 2. The summed E-state index contributed by atoms with van der Waals surface area (Å²) in [5.41, 5.74) is 1.47. The van der Waals surface area contributed by atoms with Crippen molar-refractivity contribution in [1.29, 1.82) is 0 Å². The van der Waals surface area contributed by atoms with Gasteiger partial charge < -0.3 is 9.80 Å². The molecule has 1 atom stereocenters. The fourth-order valence-corrected chi connectivity index (χ4v) is 3.10. The molecule has 1 aliphatic heterocycles. The maximum Gasteiger partial charge on any atom is 0.274 e. The molecular formula is C19H22N4O2. The summed E-state index contributed by atoms with van der Waals surface area (Å²) >= 11 is 0. The number of nitrogens with zero attached hydrogens (tertiary/aromatic N) is 4. The SMILES string of the molecule is CN(Cc1ccccc1)C(=O)C[C@H]1CCN(C(=O)c2cnccn2)C1. The van der Waals surface area contributed by atoms with Crippen LogP contribution in [0.2, 0.25) is 0 Å². The molecule has 0 unspecified atom stereocenters. The second-order valence-electron chi connectivity index (χ2n) is 6.44. The molecule has 1 aromatic heterocycles. The molecule has 0 saturated carbocycles. The van der Waals surface area contributed by atoms with Crippen molar-refractivity contribution in [3.63, 3.8) is 0 Å². The topological polar surface area (TPSA) is 66.4 Å². The molecule has 25 heavy (non-hydrogen) atoms. The highest BCUT2D eigenvalue weighted by Gasteiger charge is 2.29. The van der Waals surface area contributed by atoms with Gasteiger partial charge in [-0.2, -0.15) is 0 Å². The van der Waals surface area contributed by atoms with Gasteiger partial charge in [0.25, 0.3) is 5.91 Å². The van der Waals surface area contributed by atoms with Crippen LogP contribution in [-0.4, -0.2) is 51.7 Å². The quantitative estimate of drug-likeness (QED) is 0.836. The zero-order chi connectivity index (χ0) is 17.6. The van der Waals surface area contributed by atoms with E-state index < -0.39 is 0 Å². The summed E-state index contributed by atoms with van der Waals surface area (Å²) in [6.07, 6.45) is 5.85. The Balaban J connectivity index is 1.51. The molecular weight excluding hydrogens is 316 g/mol. The summed E-state index contributed by atoms with van der Waals surface area (Å²) in [5.74, 6) is 0.203. The normalized spacial score (nSPS) is 16.7.